The number of ketones is 1. The van der Waals surface area contributed by atoms with E-state index in [0.29, 0.717) is 23.5 Å². The van der Waals surface area contributed by atoms with Crippen molar-refractivity contribution in [1.29, 1.82) is 0 Å². The van der Waals surface area contributed by atoms with Crippen LogP contribution >= 0.6 is 0 Å². The van der Waals surface area contributed by atoms with Crippen LogP contribution in [0, 0.1) is 6.92 Å². The molecule has 1 unspecified atom stereocenters. The summed E-state index contributed by atoms with van der Waals surface area (Å²) >= 11 is 0. The van der Waals surface area contributed by atoms with Gasteiger partial charge in [0, 0.05) is 19.2 Å². The molecule has 1 amide bonds. The van der Waals surface area contributed by atoms with E-state index in [4.69, 9.17) is 14.2 Å². The summed E-state index contributed by atoms with van der Waals surface area (Å²) in [5.74, 6) is -0.224. The van der Waals surface area contributed by atoms with Crippen molar-refractivity contribution in [3.8, 4) is 11.5 Å². The van der Waals surface area contributed by atoms with Crippen LogP contribution in [0.25, 0.3) is 5.76 Å². The Morgan fingerprint density at radius 2 is 1.78 bits per heavy atom. The minimum Gasteiger partial charge on any atom is -0.507 e. The number of hydrogen-bond donors (Lipinski definition) is 1. The topological polar surface area (TPSA) is 85.3 Å². The van der Waals surface area contributed by atoms with Crippen molar-refractivity contribution < 1.29 is 28.9 Å². The van der Waals surface area contributed by atoms with Gasteiger partial charge >= 0.3 is 0 Å². The number of methoxy groups -OCH3 is 2. The lowest BCUT2D eigenvalue weighted by Crippen LogP contribution is -2.32. The van der Waals surface area contributed by atoms with Crippen LogP contribution in [0.5, 0.6) is 11.5 Å². The Hall–Kier alpha value is -3.32. The molecule has 2 aromatic carbocycles. The van der Waals surface area contributed by atoms with Crippen LogP contribution in [-0.2, 0) is 14.3 Å². The van der Waals surface area contributed by atoms with Gasteiger partial charge < -0.3 is 24.2 Å². The Labute approximate surface area is 188 Å². The normalized spacial score (nSPS) is 17.6. The van der Waals surface area contributed by atoms with Crippen molar-refractivity contribution in [2.75, 3.05) is 34.0 Å². The molecule has 170 valence electrons. The van der Waals surface area contributed by atoms with Gasteiger partial charge in [-0.05, 0) is 54.8 Å². The number of carbonyl (C=O) groups is 2. The van der Waals surface area contributed by atoms with E-state index in [1.165, 1.54) is 12.0 Å². The third-order valence-corrected chi connectivity index (χ3v) is 5.42. The SMILES string of the molecule is CCCOc1ccc(/C(O)=C2/C(=O)C(=O)N(CCOC)C2c2ccc(OC)cc2)cc1C. The van der Waals surface area contributed by atoms with Crippen molar-refractivity contribution >= 4 is 17.4 Å². The molecule has 0 radical (unpaired) electrons. The van der Waals surface area contributed by atoms with E-state index < -0.39 is 17.7 Å². The molecule has 1 atom stereocenters. The first-order valence-electron chi connectivity index (χ1n) is 10.6. The lowest BCUT2D eigenvalue weighted by Gasteiger charge is -2.25. The van der Waals surface area contributed by atoms with Crippen molar-refractivity contribution in [1.82, 2.24) is 4.90 Å². The highest BCUT2D eigenvalue weighted by atomic mass is 16.5. The summed E-state index contributed by atoms with van der Waals surface area (Å²) in [6.45, 7) is 4.98. The number of aliphatic hydroxyl groups excluding tert-OH is 1. The number of carbonyl (C=O) groups excluding carboxylic acids is 2. The van der Waals surface area contributed by atoms with Crippen LogP contribution in [0.3, 0.4) is 0 Å². The van der Waals surface area contributed by atoms with E-state index in [1.54, 1.807) is 49.6 Å². The molecule has 7 nitrogen and oxygen atoms in total. The molecule has 1 aliphatic rings. The van der Waals surface area contributed by atoms with E-state index >= 15 is 0 Å². The number of aliphatic hydroxyl groups is 1. The van der Waals surface area contributed by atoms with E-state index in [-0.39, 0.29) is 24.5 Å². The predicted octanol–water partition coefficient (Wildman–Crippen LogP) is 3.86. The maximum atomic E-state index is 13.0. The van der Waals surface area contributed by atoms with Gasteiger partial charge in [-0.15, -0.1) is 0 Å². The first kappa shape index (κ1) is 23.3. The molecular formula is C25H29NO6. The molecule has 0 bridgehead atoms. The zero-order valence-electron chi connectivity index (χ0n) is 18.9. The number of benzene rings is 2. The fraction of sp³-hybridized carbons (Fsp3) is 0.360. The molecule has 2 aromatic rings. The highest BCUT2D eigenvalue weighted by Crippen LogP contribution is 2.40. The second-order valence-electron chi connectivity index (χ2n) is 7.59. The summed E-state index contributed by atoms with van der Waals surface area (Å²) in [4.78, 5) is 27.3. The molecule has 0 aromatic heterocycles. The highest BCUT2D eigenvalue weighted by Gasteiger charge is 2.45. The first-order chi connectivity index (χ1) is 15.4. The summed E-state index contributed by atoms with van der Waals surface area (Å²) in [5.41, 5.74) is 2.03. The van der Waals surface area contributed by atoms with Gasteiger partial charge in [-0.2, -0.15) is 0 Å². The Kier molecular flexibility index (Phi) is 7.53. The zero-order valence-corrected chi connectivity index (χ0v) is 18.9. The minimum atomic E-state index is -0.729. The lowest BCUT2D eigenvalue weighted by molar-refractivity contribution is -0.140. The van der Waals surface area contributed by atoms with Crippen LogP contribution in [0.1, 0.15) is 36.1 Å². The highest BCUT2D eigenvalue weighted by molar-refractivity contribution is 6.46. The van der Waals surface area contributed by atoms with Crippen molar-refractivity contribution in [3.05, 3.63) is 64.7 Å². The molecule has 32 heavy (non-hydrogen) atoms. The molecular weight excluding hydrogens is 410 g/mol. The van der Waals surface area contributed by atoms with Crippen LogP contribution in [0.4, 0.5) is 0 Å². The van der Waals surface area contributed by atoms with E-state index in [9.17, 15) is 14.7 Å². The number of hydrogen-bond acceptors (Lipinski definition) is 6. The second-order valence-corrected chi connectivity index (χ2v) is 7.59. The van der Waals surface area contributed by atoms with Gasteiger partial charge in [-0.25, -0.2) is 0 Å². The summed E-state index contributed by atoms with van der Waals surface area (Å²) in [6, 6.07) is 11.6. The average molecular weight is 440 g/mol. The summed E-state index contributed by atoms with van der Waals surface area (Å²) < 4.78 is 16.1. The Morgan fingerprint density at radius 1 is 1.06 bits per heavy atom. The zero-order chi connectivity index (χ0) is 23.3. The quantitative estimate of drug-likeness (QED) is 0.363. The number of aryl methyl sites for hydroxylation is 1. The van der Waals surface area contributed by atoms with Gasteiger partial charge in [0.25, 0.3) is 11.7 Å². The van der Waals surface area contributed by atoms with Gasteiger partial charge in [0.15, 0.2) is 0 Å². The molecule has 0 saturated carbocycles. The summed E-state index contributed by atoms with van der Waals surface area (Å²) in [5, 5.41) is 11.2. The number of ether oxygens (including phenoxy) is 3. The summed E-state index contributed by atoms with van der Waals surface area (Å²) in [6.07, 6.45) is 0.883. The van der Waals surface area contributed by atoms with Crippen molar-refractivity contribution in [2.45, 2.75) is 26.3 Å². The van der Waals surface area contributed by atoms with Crippen LogP contribution < -0.4 is 9.47 Å². The molecule has 1 heterocycles. The molecule has 0 aliphatic carbocycles. The van der Waals surface area contributed by atoms with Crippen LogP contribution in [0.2, 0.25) is 0 Å². The van der Waals surface area contributed by atoms with Gasteiger partial charge in [0.2, 0.25) is 0 Å². The number of Topliss-reactive ketones (excluding diaryl/α,β-unsaturated/α-hetero) is 1. The largest absolute Gasteiger partial charge is 0.507 e. The van der Waals surface area contributed by atoms with Gasteiger partial charge in [0.05, 0.1) is 31.9 Å². The smallest absolute Gasteiger partial charge is 0.295 e. The fourth-order valence-electron chi connectivity index (χ4n) is 3.76. The maximum Gasteiger partial charge on any atom is 0.295 e. The minimum absolute atomic E-state index is 0.0536. The Bertz CT molecular complexity index is 1010. The Morgan fingerprint density at radius 3 is 2.38 bits per heavy atom. The van der Waals surface area contributed by atoms with Crippen molar-refractivity contribution in [2.24, 2.45) is 0 Å². The lowest BCUT2D eigenvalue weighted by atomic mass is 9.94. The fourth-order valence-corrected chi connectivity index (χ4v) is 3.76. The third-order valence-electron chi connectivity index (χ3n) is 5.42. The molecule has 3 rings (SSSR count). The average Bonchev–Trinajstić information content (AvgIpc) is 3.06. The van der Waals surface area contributed by atoms with Crippen molar-refractivity contribution in [3.63, 3.8) is 0 Å². The number of amides is 1. The second kappa shape index (κ2) is 10.3. The number of nitrogens with zero attached hydrogens (tertiary/aromatic N) is 1. The Balaban J connectivity index is 2.09. The van der Waals surface area contributed by atoms with Gasteiger partial charge in [-0.3, -0.25) is 9.59 Å². The van der Waals surface area contributed by atoms with E-state index in [1.807, 2.05) is 13.8 Å². The molecule has 1 aliphatic heterocycles. The van der Waals surface area contributed by atoms with E-state index in [0.717, 1.165) is 17.7 Å². The van der Waals surface area contributed by atoms with Crippen LogP contribution in [-0.4, -0.2) is 55.7 Å². The molecule has 0 spiro atoms. The third kappa shape index (κ3) is 4.62. The first-order valence-corrected chi connectivity index (χ1v) is 10.6. The molecule has 7 heteroatoms. The summed E-state index contributed by atoms with van der Waals surface area (Å²) in [7, 11) is 3.10. The number of likely N-dealkylation sites (tertiary alicyclic amines) is 1. The molecule has 1 N–H and O–H groups in total. The van der Waals surface area contributed by atoms with Gasteiger partial charge in [0.1, 0.15) is 17.3 Å². The maximum absolute atomic E-state index is 13.0. The van der Waals surface area contributed by atoms with Gasteiger partial charge in [-0.1, -0.05) is 19.1 Å². The van der Waals surface area contributed by atoms with E-state index in [2.05, 4.69) is 0 Å². The molecule has 1 saturated heterocycles. The standard InChI is InChI=1S/C25H29NO6/c1-5-13-32-20-11-8-18(15-16(20)2)23(27)21-22(17-6-9-19(31-4)10-7-17)26(12-14-30-3)25(29)24(21)28/h6-11,15,22,27H,5,12-14H2,1-4H3/b23-21-. The molecule has 1 fully saturated rings. The van der Waals surface area contributed by atoms with Crippen LogP contribution in [0.15, 0.2) is 48.0 Å². The monoisotopic (exact) mass is 439 g/mol. The number of rotatable bonds is 9. The predicted molar refractivity (Wildman–Crippen MR) is 121 cm³/mol.